The molecule has 0 bridgehead atoms. The van der Waals surface area contributed by atoms with Gasteiger partial charge in [-0.1, -0.05) is 25.7 Å². The zero-order valence-corrected chi connectivity index (χ0v) is 11.4. The second-order valence-electron chi connectivity index (χ2n) is 5.19. The van der Waals surface area contributed by atoms with Crippen molar-refractivity contribution in [3.05, 3.63) is 23.4 Å². The van der Waals surface area contributed by atoms with Gasteiger partial charge in [-0.2, -0.15) is 0 Å². The van der Waals surface area contributed by atoms with Gasteiger partial charge in [0.2, 0.25) is 0 Å². The highest BCUT2D eigenvalue weighted by atomic mass is 16.1. The topological polar surface area (TPSA) is 80.0 Å². The van der Waals surface area contributed by atoms with Gasteiger partial charge >= 0.3 is 0 Å². The van der Waals surface area contributed by atoms with Gasteiger partial charge in [-0.3, -0.25) is 4.79 Å². The Morgan fingerprint density at radius 2 is 1.95 bits per heavy atom. The Morgan fingerprint density at radius 1 is 1.26 bits per heavy atom. The summed E-state index contributed by atoms with van der Waals surface area (Å²) in [4.78, 5) is 16.4. The molecule has 1 aromatic heterocycles. The van der Waals surface area contributed by atoms with E-state index in [1.165, 1.54) is 25.7 Å². The number of carbonyl (C=O) groups is 1. The van der Waals surface area contributed by atoms with E-state index in [4.69, 9.17) is 5.84 Å². The lowest BCUT2D eigenvalue weighted by Gasteiger charge is -2.16. The Bertz CT molecular complexity index is 439. The monoisotopic (exact) mass is 262 g/mol. The first-order valence-corrected chi connectivity index (χ1v) is 6.95. The Hall–Kier alpha value is -1.62. The predicted molar refractivity (Wildman–Crippen MR) is 75.7 cm³/mol. The summed E-state index contributed by atoms with van der Waals surface area (Å²) < 4.78 is 0. The molecule has 0 radical (unpaired) electrons. The molecule has 19 heavy (non-hydrogen) atoms. The largest absolute Gasteiger partial charge is 0.349 e. The Balaban J connectivity index is 2.04. The van der Waals surface area contributed by atoms with Crippen molar-refractivity contribution >= 4 is 11.7 Å². The van der Waals surface area contributed by atoms with Crippen LogP contribution in [0.1, 0.15) is 54.6 Å². The van der Waals surface area contributed by atoms with Crippen LogP contribution in [0.3, 0.4) is 0 Å². The molecule has 1 saturated carbocycles. The van der Waals surface area contributed by atoms with E-state index in [0.29, 0.717) is 17.4 Å². The van der Waals surface area contributed by atoms with Crippen LogP contribution in [-0.4, -0.2) is 16.9 Å². The molecule has 0 spiro atoms. The molecule has 1 heterocycles. The summed E-state index contributed by atoms with van der Waals surface area (Å²) in [5.74, 6) is 5.83. The van der Waals surface area contributed by atoms with Crippen molar-refractivity contribution in [2.75, 3.05) is 5.43 Å². The number of nitrogen functional groups attached to an aromatic ring is 1. The first-order valence-electron chi connectivity index (χ1n) is 6.95. The number of anilines is 1. The first kappa shape index (κ1) is 13.8. The molecule has 0 aromatic carbocycles. The number of hydrogen-bond acceptors (Lipinski definition) is 4. The predicted octanol–water partition coefficient (Wildman–Crippen LogP) is 2.13. The molecule has 1 aliphatic rings. The van der Waals surface area contributed by atoms with E-state index < -0.39 is 0 Å². The second-order valence-corrected chi connectivity index (χ2v) is 5.19. The molecule has 1 fully saturated rings. The molecule has 0 aliphatic heterocycles. The van der Waals surface area contributed by atoms with Crippen LogP contribution < -0.4 is 16.6 Å². The summed E-state index contributed by atoms with van der Waals surface area (Å²) in [5, 5.41) is 3.12. The van der Waals surface area contributed by atoms with Gasteiger partial charge in [0.1, 0.15) is 5.82 Å². The van der Waals surface area contributed by atoms with Gasteiger partial charge < -0.3 is 10.7 Å². The minimum atomic E-state index is -0.0334. The maximum atomic E-state index is 12.2. The summed E-state index contributed by atoms with van der Waals surface area (Å²) >= 11 is 0. The Kier molecular flexibility index (Phi) is 4.74. The van der Waals surface area contributed by atoms with Crippen LogP contribution in [0.25, 0.3) is 0 Å². The number of amides is 1. The van der Waals surface area contributed by atoms with Gasteiger partial charge in [0.05, 0.1) is 0 Å². The molecule has 5 nitrogen and oxygen atoms in total. The Labute approximate surface area is 114 Å². The van der Waals surface area contributed by atoms with Crippen molar-refractivity contribution in [2.45, 2.75) is 51.5 Å². The van der Waals surface area contributed by atoms with Crippen LogP contribution in [0.4, 0.5) is 5.82 Å². The molecule has 2 rings (SSSR count). The van der Waals surface area contributed by atoms with E-state index in [9.17, 15) is 4.79 Å². The number of hydrogen-bond donors (Lipinski definition) is 3. The van der Waals surface area contributed by atoms with Gasteiger partial charge in [0.25, 0.3) is 5.91 Å². The third kappa shape index (κ3) is 3.92. The summed E-state index contributed by atoms with van der Waals surface area (Å²) in [5.41, 5.74) is 3.88. The van der Waals surface area contributed by atoms with Crippen molar-refractivity contribution < 1.29 is 4.79 Å². The smallest absolute Gasteiger partial charge is 0.251 e. The lowest BCUT2D eigenvalue weighted by molar-refractivity contribution is 0.0933. The van der Waals surface area contributed by atoms with Gasteiger partial charge in [0.15, 0.2) is 0 Å². The summed E-state index contributed by atoms with van der Waals surface area (Å²) in [7, 11) is 0. The van der Waals surface area contributed by atoms with E-state index in [1.54, 1.807) is 12.1 Å². The molecule has 0 saturated heterocycles. The quantitative estimate of drug-likeness (QED) is 0.443. The van der Waals surface area contributed by atoms with Crippen LogP contribution in [0.15, 0.2) is 12.1 Å². The second kappa shape index (κ2) is 6.52. The van der Waals surface area contributed by atoms with E-state index in [1.807, 2.05) is 6.92 Å². The molecule has 1 amide bonds. The minimum Gasteiger partial charge on any atom is -0.349 e. The highest BCUT2D eigenvalue weighted by molar-refractivity contribution is 5.95. The van der Waals surface area contributed by atoms with Crippen LogP contribution in [0.2, 0.25) is 0 Å². The first-order chi connectivity index (χ1) is 9.19. The maximum Gasteiger partial charge on any atom is 0.251 e. The molecular weight excluding hydrogens is 240 g/mol. The van der Waals surface area contributed by atoms with Crippen LogP contribution >= 0.6 is 0 Å². The molecule has 0 atom stereocenters. The fraction of sp³-hybridized carbons (Fsp3) is 0.571. The minimum absolute atomic E-state index is 0.0334. The fourth-order valence-corrected chi connectivity index (χ4v) is 2.57. The number of nitrogens with one attached hydrogen (secondary N) is 2. The van der Waals surface area contributed by atoms with Crippen LogP contribution in [0.5, 0.6) is 0 Å². The highest BCUT2D eigenvalue weighted by Crippen LogP contribution is 2.18. The molecule has 1 aromatic rings. The lowest BCUT2D eigenvalue weighted by Crippen LogP contribution is -2.34. The van der Waals surface area contributed by atoms with Crippen molar-refractivity contribution in [3.63, 3.8) is 0 Å². The SMILES string of the molecule is Cc1cc(C(=O)NC2CCCCCC2)cc(NN)n1. The molecule has 104 valence electrons. The molecular formula is C14H22N4O. The average molecular weight is 262 g/mol. The van der Waals surface area contributed by atoms with Gasteiger partial charge in [-0.15, -0.1) is 0 Å². The van der Waals surface area contributed by atoms with E-state index in [2.05, 4.69) is 15.7 Å². The maximum absolute atomic E-state index is 12.2. The van der Waals surface area contributed by atoms with Crippen LogP contribution in [-0.2, 0) is 0 Å². The number of carbonyl (C=O) groups excluding carboxylic acids is 1. The fourth-order valence-electron chi connectivity index (χ4n) is 2.57. The summed E-state index contributed by atoms with van der Waals surface area (Å²) in [6, 6.07) is 3.77. The van der Waals surface area contributed by atoms with Crippen molar-refractivity contribution in [2.24, 2.45) is 5.84 Å². The van der Waals surface area contributed by atoms with Gasteiger partial charge in [-0.05, 0) is 31.9 Å². The normalized spacial score (nSPS) is 16.7. The number of nitrogens with two attached hydrogens (primary N) is 1. The third-order valence-electron chi connectivity index (χ3n) is 3.55. The van der Waals surface area contributed by atoms with E-state index >= 15 is 0 Å². The zero-order chi connectivity index (χ0) is 13.7. The van der Waals surface area contributed by atoms with Crippen LogP contribution in [0, 0.1) is 6.92 Å². The number of rotatable bonds is 3. The molecule has 5 heteroatoms. The van der Waals surface area contributed by atoms with Gasteiger partial charge in [0, 0.05) is 17.3 Å². The number of hydrazine groups is 1. The van der Waals surface area contributed by atoms with Crippen molar-refractivity contribution in [3.8, 4) is 0 Å². The van der Waals surface area contributed by atoms with E-state index in [-0.39, 0.29) is 5.91 Å². The number of aromatic nitrogens is 1. The van der Waals surface area contributed by atoms with Crippen molar-refractivity contribution in [1.29, 1.82) is 0 Å². The number of nitrogens with zero attached hydrogens (tertiary/aromatic N) is 1. The van der Waals surface area contributed by atoms with Crippen molar-refractivity contribution in [1.82, 2.24) is 10.3 Å². The average Bonchev–Trinajstić information content (AvgIpc) is 2.66. The molecule has 4 N–H and O–H groups in total. The number of aryl methyl sites for hydroxylation is 1. The summed E-state index contributed by atoms with van der Waals surface area (Å²) in [6.45, 7) is 1.85. The highest BCUT2D eigenvalue weighted by Gasteiger charge is 2.16. The van der Waals surface area contributed by atoms with E-state index in [0.717, 1.165) is 18.5 Å². The molecule has 0 unspecified atom stereocenters. The standard InChI is InChI=1S/C14H22N4O/c1-10-8-11(9-13(16-10)18-15)14(19)17-12-6-4-2-3-5-7-12/h8-9,12H,2-7,15H2,1H3,(H,16,18)(H,17,19). The summed E-state index contributed by atoms with van der Waals surface area (Å²) in [6.07, 6.45) is 7.13. The zero-order valence-electron chi connectivity index (χ0n) is 11.4. The number of pyridine rings is 1. The Morgan fingerprint density at radius 3 is 2.58 bits per heavy atom. The lowest BCUT2D eigenvalue weighted by atomic mass is 10.1. The molecule has 1 aliphatic carbocycles. The third-order valence-corrected chi connectivity index (χ3v) is 3.55. The van der Waals surface area contributed by atoms with Gasteiger partial charge in [-0.25, -0.2) is 10.8 Å².